The number of morpholine rings is 1. The number of anilines is 1. The molecule has 0 bridgehead atoms. The highest BCUT2D eigenvalue weighted by Crippen LogP contribution is 2.32. The lowest BCUT2D eigenvalue weighted by Crippen LogP contribution is -2.36. The van der Waals surface area contributed by atoms with Crippen molar-refractivity contribution < 1.29 is 4.74 Å². The maximum atomic E-state index is 13.1. The van der Waals surface area contributed by atoms with Crippen LogP contribution in [0.25, 0.3) is 22.2 Å². The number of nitrogens with zero attached hydrogens (tertiary/aromatic N) is 4. The summed E-state index contributed by atoms with van der Waals surface area (Å²) in [7, 11) is 1.97. The molecule has 1 saturated heterocycles. The topological polar surface area (TPSA) is 52.3 Å². The molecule has 0 radical (unpaired) electrons. The second kappa shape index (κ2) is 8.86. The Morgan fingerprint density at radius 3 is 2.58 bits per heavy atom. The first-order valence-corrected chi connectivity index (χ1v) is 11.6. The van der Waals surface area contributed by atoms with Crippen LogP contribution in [0.1, 0.15) is 18.5 Å². The third-order valence-corrected chi connectivity index (χ3v) is 7.02. The van der Waals surface area contributed by atoms with E-state index in [-0.39, 0.29) is 11.6 Å². The third-order valence-electron chi connectivity index (χ3n) is 6.28. The summed E-state index contributed by atoms with van der Waals surface area (Å²) in [5, 5.41) is 2.00. The zero-order valence-corrected chi connectivity index (χ0v) is 20.0. The van der Waals surface area contributed by atoms with Gasteiger partial charge in [-0.25, -0.2) is 4.98 Å². The number of ether oxygens (including phenoxy) is 1. The number of rotatable bonds is 4. The average molecular weight is 483 g/mol. The molecule has 8 heteroatoms. The van der Waals surface area contributed by atoms with Crippen molar-refractivity contribution in [1.29, 1.82) is 0 Å². The predicted molar refractivity (Wildman–Crippen MR) is 134 cm³/mol. The Labute approximate surface area is 201 Å². The summed E-state index contributed by atoms with van der Waals surface area (Å²) in [4.78, 5) is 20.1. The number of pyridine rings is 2. The van der Waals surface area contributed by atoms with Crippen molar-refractivity contribution in [3.05, 3.63) is 81.0 Å². The van der Waals surface area contributed by atoms with E-state index in [9.17, 15) is 4.79 Å². The first-order valence-electron chi connectivity index (χ1n) is 10.9. The van der Waals surface area contributed by atoms with Gasteiger partial charge in [0.25, 0.3) is 5.56 Å². The minimum atomic E-state index is -0.177. The SMILES string of the molecule is CC(c1ccc(Cl)c(Cl)c1)n1ccc(-c2cn(C)c3ncc(N4CCOCC4)cc23)cc1=O. The Balaban J connectivity index is 1.52. The highest BCUT2D eigenvalue weighted by atomic mass is 35.5. The van der Waals surface area contributed by atoms with E-state index in [4.69, 9.17) is 32.9 Å². The summed E-state index contributed by atoms with van der Waals surface area (Å²) in [6.45, 7) is 5.09. The maximum Gasteiger partial charge on any atom is 0.251 e. The number of aryl methyl sites for hydroxylation is 1. The predicted octanol–water partition coefficient (Wildman–Crippen LogP) is 5.15. The van der Waals surface area contributed by atoms with Gasteiger partial charge in [-0.15, -0.1) is 0 Å². The van der Waals surface area contributed by atoms with Crippen molar-refractivity contribution in [2.24, 2.45) is 7.05 Å². The number of fused-ring (bicyclic) bond motifs is 1. The molecular weight excluding hydrogens is 459 g/mol. The van der Waals surface area contributed by atoms with E-state index in [0.717, 1.165) is 59.7 Å². The van der Waals surface area contributed by atoms with Gasteiger partial charge < -0.3 is 18.8 Å². The van der Waals surface area contributed by atoms with Gasteiger partial charge in [-0.2, -0.15) is 0 Å². The molecule has 1 atom stereocenters. The van der Waals surface area contributed by atoms with Gasteiger partial charge in [0.2, 0.25) is 0 Å². The highest BCUT2D eigenvalue weighted by molar-refractivity contribution is 6.42. The monoisotopic (exact) mass is 482 g/mol. The van der Waals surface area contributed by atoms with Crippen LogP contribution >= 0.6 is 23.2 Å². The molecule has 6 nitrogen and oxygen atoms in total. The van der Waals surface area contributed by atoms with Crippen molar-refractivity contribution >= 4 is 39.9 Å². The van der Waals surface area contributed by atoms with Crippen LogP contribution in [0.2, 0.25) is 10.0 Å². The molecule has 1 aliphatic heterocycles. The van der Waals surface area contributed by atoms with E-state index in [1.54, 1.807) is 22.8 Å². The fraction of sp³-hybridized carbons (Fsp3) is 0.280. The highest BCUT2D eigenvalue weighted by Gasteiger charge is 2.17. The Bertz CT molecular complexity index is 1390. The molecule has 0 amide bonds. The van der Waals surface area contributed by atoms with Crippen molar-refractivity contribution in [1.82, 2.24) is 14.1 Å². The van der Waals surface area contributed by atoms with Gasteiger partial charge in [-0.1, -0.05) is 29.3 Å². The first kappa shape index (κ1) is 22.0. The largest absolute Gasteiger partial charge is 0.378 e. The van der Waals surface area contributed by atoms with Crippen LogP contribution in [0.15, 0.2) is 59.8 Å². The normalized spacial score (nSPS) is 15.2. The number of aromatic nitrogens is 3. The molecule has 4 aromatic rings. The molecular formula is C25H24Cl2N4O2. The lowest BCUT2D eigenvalue weighted by Gasteiger charge is -2.28. The number of hydrogen-bond donors (Lipinski definition) is 0. The molecule has 0 aliphatic carbocycles. The molecule has 33 heavy (non-hydrogen) atoms. The molecule has 0 spiro atoms. The van der Waals surface area contributed by atoms with Crippen LogP contribution in [0.4, 0.5) is 5.69 Å². The summed E-state index contributed by atoms with van der Waals surface area (Å²) in [5.41, 5.74) is 4.64. The van der Waals surface area contributed by atoms with Crippen LogP contribution in [-0.4, -0.2) is 40.4 Å². The van der Waals surface area contributed by atoms with E-state index in [1.165, 1.54) is 0 Å². The molecule has 0 N–H and O–H groups in total. The van der Waals surface area contributed by atoms with Gasteiger partial charge in [0.1, 0.15) is 5.65 Å². The van der Waals surface area contributed by atoms with E-state index >= 15 is 0 Å². The smallest absolute Gasteiger partial charge is 0.251 e. The molecule has 0 saturated carbocycles. The lowest BCUT2D eigenvalue weighted by molar-refractivity contribution is 0.122. The van der Waals surface area contributed by atoms with E-state index in [2.05, 4.69) is 11.0 Å². The van der Waals surface area contributed by atoms with Gasteiger partial charge >= 0.3 is 0 Å². The van der Waals surface area contributed by atoms with Crippen LogP contribution in [0.5, 0.6) is 0 Å². The fourth-order valence-electron chi connectivity index (χ4n) is 4.38. The van der Waals surface area contributed by atoms with E-state index in [1.807, 2.05) is 49.3 Å². The van der Waals surface area contributed by atoms with Crippen LogP contribution < -0.4 is 10.5 Å². The molecule has 4 heterocycles. The van der Waals surface area contributed by atoms with Crippen molar-refractivity contribution in [2.45, 2.75) is 13.0 Å². The van der Waals surface area contributed by atoms with Gasteiger partial charge in [0.05, 0.1) is 41.2 Å². The summed E-state index contributed by atoms with van der Waals surface area (Å²) in [6.07, 6.45) is 5.78. The third kappa shape index (κ3) is 4.14. The second-order valence-electron chi connectivity index (χ2n) is 8.33. The zero-order valence-electron chi connectivity index (χ0n) is 18.5. The van der Waals surface area contributed by atoms with Gasteiger partial charge in [0, 0.05) is 49.5 Å². The molecule has 170 valence electrons. The molecule has 3 aromatic heterocycles. The Morgan fingerprint density at radius 1 is 1.06 bits per heavy atom. The number of halogens is 2. The van der Waals surface area contributed by atoms with E-state index < -0.39 is 0 Å². The molecule has 1 fully saturated rings. The molecule has 1 aliphatic rings. The molecule has 1 aromatic carbocycles. The summed E-state index contributed by atoms with van der Waals surface area (Å²) in [5.74, 6) is 0. The average Bonchev–Trinajstić information content (AvgIpc) is 3.16. The summed E-state index contributed by atoms with van der Waals surface area (Å²) in [6, 6.07) is 11.1. The molecule has 5 rings (SSSR count). The van der Waals surface area contributed by atoms with E-state index in [0.29, 0.717) is 10.0 Å². The quantitative estimate of drug-likeness (QED) is 0.403. The van der Waals surface area contributed by atoms with Gasteiger partial charge in [-0.05, 0) is 42.3 Å². The summed E-state index contributed by atoms with van der Waals surface area (Å²) >= 11 is 12.2. The minimum Gasteiger partial charge on any atom is -0.378 e. The van der Waals surface area contributed by atoms with Crippen molar-refractivity contribution in [3.63, 3.8) is 0 Å². The van der Waals surface area contributed by atoms with Gasteiger partial charge in [-0.3, -0.25) is 4.79 Å². The Hall–Kier alpha value is -2.80. The zero-order chi connectivity index (χ0) is 23.1. The van der Waals surface area contributed by atoms with Crippen LogP contribution in [-0.2, 0) is 11.8 Å². The van der Waals surface area contributed by atoms with Crippen molar-refractivity contribution in [3.8, 4) is 11.1 Å². The number of benzene rings is 1. The van der Waals surface area contributed by atoms with Crippen molar-refractivity contribution in [2.75, 3.05) is 31.2 Å². The first-order chi connectivity index (χ1) is 15.9. The second-order valence-corrected chi connectivity index (χ2v) is 9.14. The van der Waals surface area contributed by atoms with Crippen LogP contribution in [0, 0.1) is 0 Å². The molecule has 1 unspecified atom stereocenters. The standard InChI is InChI=1S/C25H24Cl2N4O2/c1-16(17-3-4-22(26)23(27)11-17)31-6-5-18(12-24(31)32)21-15-29(2)25-20(21)13-19(14-28-25)30-7-9-33-10-8-30/h3-6,11-16H,7-10H2,1-2H3. The van der Waals surface area contributed by atoms with Gasteiger partial charge in [0.15, 0.2) is 0 Å². The summed E-state index contributed by atoms with van der Waals surface area (Å²) < 4.78 is 9.17. The van der Waals surface area contributed by atoms with Crippen LogP contribution in [0.3, 0.4) is 0 Å². The Kier molecular flexibility index (Phi) is 5.91. The fourth-order valence-corrected chi connectivity index (χ4v) is 4.69. The minimum absolute atomic E-state index is 0.0830. The Morgan fingerprint density at radius 2 is 1.85 bits per heavy atom. The maximum absolute atomic E-state index is 13.1. The number of hydrogen-bond acceptors (Lipinski definition) is 4. The lowest BCUT2D eigenvalue weighted by atomic mass is 10.1.